The first-order chi connectivity index (χ1) is 15.0. The Labute approximate surface area is 177 Å². The number of fused-ring (bicyclic) bond motifs is 1. The first-order valence-corrected chi connectivity index (χ1v) is 9.75. The monoisotopic (exact) mass is 421 g/mol. The SMILES string of the molecule is O=C(OCC(=O)N1CCNC1=O)c1ccc2c(c1)C(=O)N(CCc1ccccc1)C2=O. The number of hydrogen-bond donors (Lipinski definition) is 1. The Morgan fingerprint density at radius 3 is 2.42 bits per heavy atom. The van der Waals surface area contributed by atoms with E-state index in [0.717, 1.165) is 15.4 Å². The zero-order chi connectivity index (χ0) is 22.0. The van der Waals surface area contributed by atoms with E-state index < -0.39 is 36.3 Å². The van der Waals surface area contributed by atoms with Crippen molar-refractivity contribution in [3.63, 3.8) is 0 Å². The number of hydrogen-bond acceptors (Lipinski definition) is 6. The number of urea groups is 1. The molecule has 5 amide bonds. The van der Waals surface area contributed by atoms with Gasteiger partial charge in [-0.3, -0.25) is 24.2 Å². The number of carbonyl (C=O) groups excluding carboxylic acids is 5. The molecule has 0 aliphatic carbocycles. The fourth-order valence-electron chi connectivity index (χ4n) is 3.50. The minimum absolute atomic E-state index is 0.0449. The summed E-state index contributed by atoms with van der Waals surface area (Å²) in [6.07, 6.45) is 0.521. The van der Waals surface area contributed by atoms with Crippen LogP contribution in [0.3, 0.4) is 0 Å². The van der Waals surface area contributed by atoms with Crippen molar-refractivity contribution in [2.24, 2.45) is 0 Å². The van der Waals surface area contributed by atoms with Crippen LogP contribution < -0.4 is 5.32 Å². The van der Waals surface area contributed by atoms with E-state index >= 15 is 0 Å². The standard InChI is InChI=1S/C22H19N3O6/c26-18(24-11-9-23-22(24)30)13-31-21(29)15-6-7-16-17(12-15)20(28)25(19(16)27)10-8-14-4-2-1-3-5-14/h1-7,12H,8-11,13H2,(H,23,30). The molecule has 0 radical (unpaired) electrons. The van der Waals surface area contributed by atoms with Crippen molar-refractivity contribution in [3.8, 4) is 0 Å². The Hall–Kier alpha value is -4.01. The topological polar surface area (TPSA) is 113 Å². The van der Waals surface area contributed by atoms with Crippen LogP contribution in [-0.2, 0) is 16.0 Å². The lowest BCUT2D eigenvalue weighted by Gasteiger charge is -2.13. The van der Waals surface area contributed by atoms with Gasteiger partial charge < -0.3 is 10.1 Å². The summed E-state index contributed by atoms with van der Waals surface area (Å²) >= 11 is 0. The summed E-state index contributed by atoms with van der Waals surface area (Å²) in [5.41, 5.74) is 1.39. The molecule has 0 unspecified atom stereocenters. The zero-order valence-electron chi connectivity index (χ0n) is 16.5. The fourth-order valence-corrected chi connectivity index (χ4v) is 3.50. The van der Waals surface area contributed by atoms with Crippen LogP contribution in [0.15, 0.2) is 48.5 Å². The highest BCUT2D eigenvalue weighted by Gasteiger charge is 2.36. The highest BCUT2D eigenvalue weighted by atomic mass is 16.5. The van der Waals surface area contributed by atoms with E-state index in [2.05, 4.69) is 5.32 Å². The number of nitrogens with one attached hydrogen (secondary N) is 1. The van der Waals surface area contributed by atoms with Crippen LogP contribution in [0.1, 0.15) is 36.6 Å². The van der Waals surface area contributed by atoms with Gasteiger partial charge in [0.2, 0.25) is 0 Å². The molecule has 2 aliphatic heterocycles. The molecule has 0 spiro atoms. The predicted octanol–water partition coefficient (Wildman–Crippen LogP) is 1.23. The number of nitrogens with zero attached hydrogens (tertiary/aromatic N) is 2. The molecule has 2 aromatic carbocycles. The Balaban J connectivity index is 1.41. The minimum Gasteiger partial charge on any atom is -0.452 e. The normalized spacial score (nSPS) is 15.2. The summed E-state index contributed by atoms with van der Waals surface area (Å²) in [6, 6.07) is 13.0. The maximum absolute atomic E-state index is 12.7. The van der Waals surface area contributed by atoms with Crippen molar-refractivity contribution < 1.29 is 28.7 Å². The zero-order valence-corrected chi connectivity index (χ0v) is 16.5. The summed E-state index contributed by atoms with van der Waals surface area (Å²) < 4.78 is 4.98. The lowest BCUT2D eigenvalue weighted by atomic mass is 10.1. The predicted molar refractivity (Wildman–Crippen MR) is 107 cm³/mol. The summed E-state index contributed by atoms with van der Waals surface area (Å²) in [5.74, 6) is -2.34. The van der Waals surface area contributed by atoms with E-state index in [9.17, 15) is 24.0 Å². The first-order valence-electron chi connectivity index (χ1n) is 9.75. The molecule has 31 heavy (non-hydrogen) atoms. The quantitative estimate of drug-likeness (QED) is 0.555. The lowest BCUT2D eigenvalue weighted by molar-refractivity contribution is -0.130. The lowest BCUT2D eigenvalue weighted by Crippen LogP contribution is -2.37. The van der Waals surface area contributed by atoms with Crippen molar-refractivity contribution in [1.29, 1.82) is 0 Å². The summed E-state index contributed by atoms with van der Waals surface area (Å²) in [4.78, 5) is 63.2. The third-order valence-corrected chi connectivity index (χ3v) is 5.16. The number of imide groups is 2. The van der Waals surface area contributed by atoms with Gasteiger partial charge in [-0.15, -0.1) is 0 Å². The average Bonchev–Trinajstić information content (AvgIpc) is 3.32. The summed E-state index contributed by atoms with van der Waals surface area (Å²) in [7, 11) is 0. The summed E-state index contributed by atoms with van der Waals surface area (Å²) in [5, 5.41) is 2.48. The summed E-state index contributed by atoms with van der Waals surface area (Å²) in [6.45, 7) is 0.186. The molecule has 9 heteroatoms. The number of amides is 5. The van der Waals surface area contributed by atoms with Gasteiger partial charge in [-0.05, 0) is 30.2 Å². The van der Waals surface area contributed by atoms with Gasteiger partial charge in [0, 0.05) is 19.6 Å². The van der Waals surface area contributed by atoms with Gasteiger partial charge in [0.05, 0.1) is 16.7 Å². The third kappa shape index (κ3) is 4.02. The van der Waals surface area contributed by atoms with Crippen molar-refractivity contribution in [3.05, 3.63) is 70.8 Å². The molecule has 4 rings (SSSR count). The number of benzene rings is 2. The van der Waals surface area contributed by atoms with Crippen LogP contribution in [0, 0.1) is 0 Å². The molecule has 0 saturated carbocycles. The highest BCUT2D eigenvalue weighted by molar-refractivity contribution is 6.22. The Kier molecular flexibility index (Phi) is 5.48. The smallest absolute Gasteiger partial charge is 0.338 e. The first kappa shape index (κ1) is 20.3. The largest absolute Gasteiger partial charge is 0.452 e. The van der Waals surface area contributed by atoms with Crippen LogP contribution in [0.2, 0.25) is 0 Å². The molecule has 2 aliphatic rings. The van der Waals surface area contributed by atoms with E-state index in [-0.39, 0.29) is 29.8 Å². The van der Waals surface area contributed by atoms with Gasteiger partial charge in [-0.2, -0.15) is 0 Å². The molecular weight excluding hydrogens is 402 g/mol. The van der Waals surface area contributed by atoms with Gasteiger partial charge in [0.15, 0.2) is 6.61 Å². The van der Waals surface area contributed by atoms with Crippen LogP contribution >= 0.6 is 0 Å². The molecule has 158 valence electrons. The number of rotatable bonds is 6. The molecule has 1 saturated heterocycles. The van der Waals surface area contributed by atoms with Gasteiger partial charge in [0.1, 0.15) is 0 Å². The van der Waals surface area contributed by atoms with Crippen molar-refractivity contribution in [2.75, 3.05) is 26.2 Å². The van der Waals surface area contributed by atoms with Crippen LogP contribution in [0.5, 0.6) is 0 Å². The molecule has 2 heterocycles. The molecule has 2 aromatic rings. The fraction of sp³-hybridized carbons (Fsp3) is 0.227. The number of carbonyl (C=O) groups is 5. The molecule has 0 aromatic heterocycles. The van der Waals surface area contributed by atoms with Gasteiger partial charge >= 0.3 is 12.0 Å². The molecule has 0 bridgehead atoms. The van der Waals surface area contributed by atoms with E-state index in [0.29, 0.717) is 13.0 Å². The van der Waals surface area contributed by atoms with Crippen LogP contribution in [0.4, 0.5) is 4.79 Å². The highest BCUT2D eigenvalue weighted by Crippen LogP contribution is 2.24. The van der Waals surface area contributed by atoms with E-state index in [4.69, 9.17) is 4.74 Å². The minimum atomic E-state index is -0.821. The van der Waals surface area contributed by atoms with Crippen LogP contribution in [0.25, 0.3) is 0 Å². The van der Waals surface area contributed by atoms with E-state index in [1.807, 2.05) is 30.3 Å². The van der Waals surface area contributed by atoms with E-state index in [1.54, 1.807) is 0 Å². The van der Waals surface area contributed by atoms with Crippen molar-refractivity contribution in [1.82, 2.24) is 15.1 Å². The second-order valence-electron chi connectivity index (χ2n) is 7.11. The van der Waals surface area contributed by atoms with Gasteiger partial charge in [0.25, 0.3) is 17.7 Å². The maximum atomic E-state index is 12.7. The molecular formula is C22H19N3O6. The second kappa shape index (κ2) is 8.39. The van der Waals surface area contributed by atoms with Gasteiger partial charge in [-0.1, -0.05) is 30.3 Å². The Bertz CT molecular complexity index is 1080. The number of esters is 1. The van der Waals surface area contributed by atoms with Crippen molar-refractivity contribution in [2.45, 2.75) is 6.42 Å². The Morgan fingerprint density at radius 2 is 1.71 bits per heavy atom. The van der Waals surface area contributed by atoms with Crippen LogP contribution in [-0.4, -0.2) is 65.8 Å². The molecule has 1 N–H and O–H groups in total. The average molecular weight is 421 g/mol. The van der Waals surface area contributed by atoms with Crippen molar-refractivity contribution >= 4 is 29.7 Å². The maximum Gasteiger partial charge on any atom is 0.338 e. The molecule has 0 atom stereocenters. The molecule has 9 nitrogen and oxygen atoms in total. The third-order valence-electron chi connectivity index (χ3n) is 5.16. The Morgan fingerprint density at radius 1 is 0.968 bits per heavy atom. The molecule has 1 fully saturated rings. The second-order valence-corrected chi connectivity index (χ2v) is 7.11. The van der Waals surface area contributed by atoms with Gasteiger partial charge in [-0.25, -0.2) is 9.59 Å². The van der Waals surface area contributed by atoms with E-state index in [1.165, 1.54) is 18.2 Å². The number of ether oxygens (including phenoxy) is 1.